The molecule has 0 radical (unpaired) electrons. The van der Waals surface area contributed by atoms with Gasteiger partial charge in [-0.05, 0) is 31.9 Å². The van der Waals surface area contributed by atoms with E-state index in [0.717, 1.165) is 47.6 Å². The van der Waals surface area contributed by atoms with E-state index in [0.29, 0.717) is 6.61 Å². The molecule has 0 spiro atoms. The first kappa shape index (κ1) is 17.9. The lowest BCUT2D eigenvalue weighted by Crippen LogP contribution is -1.99. The number of unbranched alkanes of at least 4 members (excludes halogenated alkanes) is 5. The zero-order valence-electron chi connectivity index (χ0n) is 14.0. The van der Waals surface area contributed by atoms with Crippen molar-refractivity contribution in [2.75, 3.05) is 19.1 Å². The van der Waals surface area contributed by atoms with Crippen LogP contribution in [0.3, 0.4) is 0 Å². The molecule has 2 aromatic rings. The number of benzene rings is 2. The summed E-state index contributed by atoms with van der Waals surface area (Å²) in [4.78, 5) is 0. The molecule has 2 aromatic carbocycles. The monoisotopic (exact) mass is 334 g/mol. The first-order valence-corrected chi connectivity index (χ1v) is 9.23. The van der Waals surface area contributed by atoms with Gasteiger partial charge in [-0.1, -0.05) is 49.9 Å². The highest BCUT2D eigenvalue weighted by Crippen LogP contribution is 2.33. The van der Waals surface area contributed by atoms with E-state index in [1.165, 1.54) is 25.7 Å². The Labute approximate surface area is 144 Å². The van der Waals surface area contributed by atoms with Gasteiger partial charge in [0.15, 0.2) is 0 Å². The minimum absolute atomic E-state index is 0.675. The number of halogens is 1. The van der Waals surface area contributed by atoms with Crippen molar-refractivity contribution < 1.29 is 9.47 Å². The Morgan fingerprint density at radius 3 is 1.91 bits per heavy atom. The number of hydrogen-bond acceptors (Lipinski definition) is 2. The normalized spacial score (nSPS) is 10.9. The molecule has 0 bridgehead atoms. The molecule has 2 nitrogen and oxygen atoms in total. The van der Waals surface area contributed by atoms with Gasteiger partial charge < -0.3 is 9.47 Å². The van der Waals surface area contributed by atoms with E-state index in [9.17, 15) is 0 Å². The van der Waals surface area contributed by atoms with Crippen LogP contribution in [0.1, 0.15) is 45.4 Å². The summed E-state index contributed by atoms with van der Waals surface area (Å²) in [6.45, 7) is 3.45. The number of rotatable bonds is 11. The molecule has 0 aliphatic heterocycles. The van der Waals surface area contributed by atoms with Crippen LogP contribution in [0.15, 0.2) is 36.4 Å². The summed E-state index contributed by atoms with van der Waals surface area (Å²) in [7, 11) is 0. The lowest BCUT2D eigenvalue weighted by molar-refractivity contribution is 0.306. The highest BCUT2D eigenvalue weighted by Gasteiger charge is 2.07. The number of hydrogen-bond donors (Lipinski definition) is 0. The molecule has 2 rings (SSSR count). The van der Waals surface area contributed by atoms with Crippen LogP contribution in [0, 0.1) is 0 Å². The molecule has 0 atom stereocenters. The molecular weight excluding hydrogens is 308 g/mol. The SMILES string of the molecule is CCOc1ccc(OCCCCCCCCCl)c2ccccc12. The van der Waals surface area contributed by atoms with Crippen LogP contribution < -0.4 is 9.47 Å². The summed E-state index contributed by atoms with van der Waals surface area (Å²) in [5.74, 6) is 2.66. The Morgan fingerprint density at radius 2 is 1.30 bits per heavy atom. The van der Waals surface area contributed by atoms with Crippen molar-refractivity contribution in [3.63, 3.8) is 0 Å². The van der Waals surface area contributed by atoms with Gasteiger partial charge in [0, 0.05) is 16.7 Å². The van der Waals surface area contributed by atoms with Crippen molar-refractivity contribution in [1.82, 2.24) is 0 Å². The van der Waals surface area contributed by atoms with Crippen LogP contribution in [0.5, 0.6) is 11.5 Å². The number of ether oxygens (including phenoxy) is 2. The molecule has 126 valence electrons. The van der Waals surface area contributed by atoms with Gasteiger partial charge in [-0.2, -0.15) is 0 Å². The number of alkyl halides is 1. The molecule has 3 heteroatoms. The van der Waals surface area contributed by atoms with Crippen LogP contribution in [-0.4, -0.2) is 19.1 Å². The third-order valence-corrected chi connectivity index (χ3v) is 4.20. The standard InChI is InChI=1S/C20H27ClO2/c1-2-22-19-13-14-20(18-12-8-7-11-17(18)19)23-16-10-6-4-3-5-9-15-21/h7-8,11-14H,2-6,9-10,15-16H2,1H3. The van der Waals surface area contributed by atoms with E-state index in [4.69, 9.17) is 21.1 Å². The van der Waals surface area contributed by atoms with Crippen molar-refractivity contribution in [2.45, 2.75) is 45.4 Å². The highest BCUT2D eigenvalue weighted by atomic mass is 35.5. The molecule has 0 N–H and O–H groups in total. The van der Waals surface area contributed by atoms with E-state index >= 15 is 0 Å². The lowest BCUT2D eigenvalue weighted by atomic mass is 10.1. The van der Waals surface area contributed by atoms with Crippen molar-refractivity contribution in [1.29, 1.82) is 0 Å². The van der Waals surface area contributed by atoms with Gasteiger partial charge >= 0.3 is 0 Å². The van der Waals surface area contributed by atoms with Gasteiger partial charge in [0.25, 0.3) is 0 Å². The molecule has 0 amide bonds. The Hall–Kier alpha value is -1.41. The molecule has 0 unspecified atom stereocenters. The largest absolute Gasteiger partial charge is 0.493 e. The molecule has 0 aliphatic carbocycles. The minimum atomic E-state index is 0.675. The van der Waals surface area contributed by atoms with Crippen LogP contribution in [0.2, 0.25) is 0 Å². The van der Waals surface area contributed by atoms with Crippen molar-refractivity contribution in [3.05, 3.63) is 36.4 Å². The summed E-state index contributed by atoms with van der Waals surface area (Å²) in [5.41, 5.74) is 0. The maximum Gasteiger partial charge on any atom is 0.127 e. The van der Waals surface area contributed by atoms with Crippen molar-refractivity contribution >= 4 is 22.4 Å². The quantitative estimate of drug-likeness (QED) is 0.360. The predicted molar refractivity (Wildman–Crippen MR) is 99.0 cm³/mol. The Bertz CT molecular complexity index is 583. The predicted octanol–water partition coefficient (Wildman–Crippen LogP) is 6.20. The molecule has 0 fully saturated rings. The van der Waals surface area contributed by atoms with E-state index in [2.05, 4.69) is 12.1 Å². The zero-order chi connectivity index (χ0) is 16.3. The van der Waals surface area contributed by atoms with Crippen LogP contribution in [-0.2, 0) is 0 Å². The van der Waals surface area contributed by atoms with Gasteiger partial charge in [-0.3, -0.25) is 0 Å². The van der Waals surface area contributed by atoms with Crippen LogP contribution >= 0.6 is 11.6 Å². The Morgan fingerprint density at radius 1 is 0.739 bits per heavy atom. The Kier molecular flexibility index (Phi) is 8.10. The molecule has 0 saturated carbocycles. The zero-order valence-corrected chi connectivity index (χ0v) is 14.8. The second-order valence-electron chi connectivity index (χ2n) is 5.70. The molecular formula is C20H27ClO2. The maximum absolute atomic E-state index is 6.00. The second-order valence-corrected chi connectivity index (χ2v) is 6.08. The van der Waals surface area contributed by atoms with Crippen molar-refractivity contribution in [3.8, 4) is 11.5 Å². The summed E-state index contributed by atoms with van der Waals surface area (Å²) < 4.78 is 11.7. The topological polar surface area (TPSA) is 18.5 Å². The summed E-state index contributed by atoms with van der Waals surface area (Å²) in [5, 5.41) is 2.24. The summed E-state index contributed by atoms with van der Waals surface area (Å²) in [6.07, 6.45) is 7.24. The van der Waals surface area contributed by atoms with Gasteiger partial charge in [0.05, 0.1) is 13.2 Å². The third-order valence-electron chi connectivity index (χ3n) is 3.93. The van der Waals surface area contributed by atoms with E-state index in [1.54, 1.807) is 0 Å². The fraction of sp³-hybridized carbons (Fsp3) is 0.500. The first-order valence-electron chi connectivity index (χ1n) is 8.70. The van der Waals surface area contributed by atoms with Crippen molar-refractivity contribution in [2.24, 2.45) is 0 Å². The molecule has 23 heavy (non-hydrogen) atoms. The van der Waals surface area contributed by atoms with Crippen LogP contribution in [0.4, 0.5) is 0 Å². The number of fused-ring (bicyclic) bond motifs is 1. The summed E-state index contributed by atoms with van der Waals surface area (Å²) in [6, 6.07) is 12.3. The third kappa shape index (κ3) is 5.62. The lowest BCUT2D eigenvalue weighted by Gasteiger charge is -2.12. The fourth-order valence-electron chi connectivity index (χ4n) is 2.74. The van der Waals surface area contributed by atoms with E-state index in [-0.39, 0.29) is 0 Å². The Balaban J connectivity index is 1.85. The fourth-order valence-corrected chi connectivity index (χ4v) is 2.93. The van der Waals surface area contributed by atoms with Gasteiger partial charge in [-0.15, -0.1) is 11.6 Å². The second kappa shape index (κ2) is 10.4. The smallest absolute Gasteiger partial charge is 0.127 e. The summed E-state index contributed by atoms with van der Waals surface area (Å²) >= 11 is 5.68. The van der Waals surface area contributed by atoms with Gasteiger partial charge in [0.2, 0.25) is 0 Å². The molecule has 0 aromatic heterocycles. The van der Waals surface area contributed by atoms with Crippen LogP contribution in [0.25, 0.3) is 10.8 Å². The van der Waals surface area contributed by atoms with E-state index in [1.807, 2.05) is 31.2 Å². The molecule has 0 aliphatic rings. The van der Waals surface area contributed by atoms with Gasteiger partial charge in [-0.25, -0.2) is 0 Å². The minimum Gasteiger partial charge on any atom is -0.493 e. The first-order chi connectivity index (χ1) is 11.4. The highest BCUT2D eigenvalue weighted by molar-refractivity contribution is 6.17. The maximum atomic E-state index is 6.00. The average molecular weight is 335 g/mol. The van der Waals surface area contributed by atoms with Gasteiger partial charge in [0.1, 0.15) is 11.5 Å². The average Bonchev–Trinajstić information content (AvgIpc) is 2.59. The van der Waals surface area contributed by atoms with E-state index < -0.39 is 0 Å². The molecule has 0 saturated heterocycles. The molecule has 0 heterocycles.